The van der Waals surface area contributed by atoms with Gasteiger partial charge in [0.05, 0.1) is 17.1 Å². The zero-order valence-corrected chi connectivity index (χ0v) is 10.1. The van der Waals surface area contributed by atoms with E-state index in [1.54, 1.807) is 6.92 Å². The van der Waals surface area contributed by atoms with Gasteiger partial charge in [-0.2, -0.15) is 13.2 Å². The van der Waals surface area contributed by atoms with E-state index in [-0.39, 0.29) is 11.8 Å². The van der Waals surface area contributed by atoms with Gasteiger partial charge in [-0.25, -0.2) is 4.98 Å². The minimum atomic E-state index is -4.34. The van der Waals surface area contributed by atoms with Crippen LogP contribution in [0.4, 0.5) is 13.2 Å². The number of hydrogen-bond donors (Lipinski definition) is 0. The molecule has 96 valence electrons. The first-order valence-corrected chi connectivity index (χ1v) is 5.65. The number of benzene rings is 1. The monoisotopic (exact) mass is 275 g/mol. The van der Waals surface area contributed by atoms with E-state index in [0.717, 1.165) is 12.1 Å². The predicted molar refractivity (Wildman–Crippen MR) is 61.2 cm³/mol. The number of hydrogen-bond acceptors (Lipinski definition) is 2. The first kappa shape index (κ1) is 13.0. The van der Waals surface area contributed by atoms with Gasteiger partial charge in [-0.15, -0.1) is 11.6 Å². The van der Waals surface area contributed by atoms with Crippen LogP contribution < -0.4 is 0 Å². The molecule has 2 nitrogen and oxygen atoms in total. The van der Waals surface area contributed by atoms with Crippen molar-refractivity contribution in [2.24, 2.45) is 0 Å². The second-order valence-corrected chi connectivity index (χ2v) is 4.00. The van der Waals surface area contributed by atoms with Crippen LogP contribution in [0.25, 0.3) is 11.5 Å². The van der Waals surface area contributed by atoms with Gasteiger partial charge in [-0.05, 0) is 31.2 Å². The molecular formula is C12H9ClF3NO. The van der Waals surface area contributed by atoms with Crippen molar-refractivity contribution in [2.75, 3.05) is 0 Å². The maximum atomic E-state index is 12.4. The first-order valence-electron chi connectivity index (χ1n) is 5.11. The lowest BCUT2D eigenvalue weighted by molar-refractivity contribution is -0.137. The van der Waals surface area contributed by atoms with Crippen molar-refractivity contribution in [1.82, 2.24) is 4.98 Å². The molecule has 0 aliphatic rings. The number of alkyl halides is 4. The molecule has 0 saturated carbocycles. The van der Waals surface area contributed by atoms with Crippen LogP contribution >= 0.6 is 11.6 Å². The normalized spacial score (nSPS) is 11.8. The first-order chi connectivity index (χ1) is 8.41. The fourth-order valence-electron chi connectivity index (χ4n) is 1.48. The van der Waals surface area contributed by atoms with Crippen molar-refractivity contribution >= 4 is 11.6 Å². The summed E-state index contributed by atoms with van der Waals surface area (Å²) in [6.45, 7) is 1.73. The van der Waals surface area contributed by atoms with Crippen molar-refractivity contribution in [2.45, 2.75) is 19.0 Å². The van der Waals surface area contributed by atoms with E-state index in [1.807, 2.05) is 0 Å². The highest BCUT2D eigenvalue weighted by Crippen LogP contribution is 2.31. The number of nitrogens with zero attached hydrogens (tertiary/aromatic N) is 1. The van der Waals surface area contributed by atoms with E-state index < -0.39 is 11.7 Å². The minimum Gasteiger partial charge on any atom is -0.440 e. The van der Waals surface area contributed by atoms with Crippen LogP contribution in [0.5, 0.6) is 0 Å². The highest BCUT2D eigenvalue weighted by atomic mass is 35.5. The Bertz CT molecular complexity index is 545. The molecular weight excluding hydrogens is 267 g/mol. The van der Waals surface area contributed by atoms with Crippen LogP contribution in [0.2, 0.25) is 0 Å². The van der Waals surface area contributed by atoms with E-state index in [2.05, 4.69) is 4.98 Å². The third kappa shape index (κ3) is 2.51. The fourth-order valence-corrected chi connectivity index (χ4v) is 1.73. The van der Waals surface area contributed by atoms with Gasteiger partial charge in [-0.3, -0.25) is 0 Å². The molecule has 2 rings (SSSR count). The summed E-state index contributed by atoms with van der Waals surface area (Å²) in [4.78, 5) is 4.11. The highest BCUT2D eigenvalue weighted by Gasteiger charge is 2.30. The third-order valence-corrected chi connectivity index (χ3v) is 2.72. The van der Waals surface area contributed by atoms with E-state index in [0.29, 0.717) is 17.0 Å². The van der Waals surface area contributed by atoms with Crippen LogP contribution in [0, 0.1) is 6.92 Å². The quantitative estimate of drug-likeness (QED) is 0.759. The van der Waals surface area contributed by atoms with Gasteiger partial charge in [-0.1, -0.05) is 0 Å². The maximum absolute atomic E-state index is 12.4. The van der Waals surface area contributed by atoms with Gasteiger partial charge < -0.3 is 4.42 Å². The van der Waals surface area contributed by atoms with E-state index in [4.69, 9.17) is 16.0 Å². The Balaban J connectivity index is 2.34. The molecule has 0 aliphatic heterocycles. The lowest BCUT2D eigenvalue weighted by atomic mass is 10.1. The van der Waals surface area contributed by atoms with Gasteiger partial charge >= 0.3 is 6.18 Å². The number of halogens is 4. The number of aryl methyl sites for hydroxylation is 1. The molecule has 0 bridgehead atoms. The maximum Gasteiger partial charge on any atom is 0.416 e. The van der Waals surface area contributed by atoms with Crippen LogP contribution in [-0.2, 0) is 12.1 Å². The summed E-state index contributed by atoms with van der Waals surface area (Å²) >= 11 is 5.64. The summed E-state index contributed by atoms with van der Waals surface area (Å²) in [6.07, 6.45) is -4.34. The number of oxazole rings is 1. The Morgan fingerprint density at radius 1 is 1.22 bits per heavy atom. The average Bonchev–Trinajstić information content (AvgIpc) is 2.69. The lowest BCUT2D eigenvalue weighted by Gasteiger charge is -2.06. The molecule has 2 aromatic rings. The Labute approximate surface area is 106 Å². The van der Waals surface area contributed by atoms with E-state index >= 15 is 0 Å². The van der Waals surface area contributed by atoms with Gasteiger partial charge in [0.15, 0.2) is 0 Å². The molecule has 1 aromatic heterocycles. The summed E-state index contributed by atoms with van der Waals surface area (Å²) in [6, 6.07) is 4.64. The van der Waals surface area contributed by atoms with E-state index in [1.165, 1.54) is 12.1 Å². The second-order valence-electron chi connectivity index (χ2n) is 3.74. The van der Waals surface area contributed by atoms with Gasteiger partial charge in [0, 0.05) is 5.56 Å². The lowest BCUT2D eigenvalue weighted by Crippen LogP contribution is -2.03. The average molecular weight is 276 g/mol. The number of aromatic nitrogens is 1. The second kappa shape index (κ2) is 4.65. The van der Waals surface area contributed by atoms with Gasteiger partial charge in [0.25, 0.3) is 0 Å². The van der Waals surface area contributed by atoms with Crippen molar-refractivity contribution in [3.8, 4) is 11.5 Å². The largest absolute Gasteiger partial charge is 0.440 e. The molecule has 0 unspecified atom stereocenters. The van der Waals surface area contributed by atoms with Crippen molar-refractivity contribution < 1.29 is 17.6 Å². The summed E-state index contributed by atoms with van der Waals surface area (Å²) in [5.41, 5.74) is 0.425. The van der Waals surface area contributed by atoms with Crippen LogP contribution in [-0.4, -0.2) is 4.98 Å². The molecule has 0 atom stereocenters. The van der Waals surface area contributed by atoms with Crippen LogP contribution in [0.3, 0.4) is 0 Å². The summed E-state index contributed by atoms with van der Waals surface area (Å²) in [5, 5.41) is 0. The predicted octanol–water partition coefficient (Wildman–Crippen LogP) is 4.41. The summed E-state index contributed by atoms with van der Waals surface area (Å²) < 4.78 is 42.5. The molecule has 18 heavy (non-hydrogen) atoms. The molecule has 0 N–H and O–H groups in total. The minimum absolute atomic E-state index is 0.180. The van der Waals surface area contributed by atoms with Crippen molar-refractivity contribution in [3.05, 3.63) is 41.3 Å². The highest BCUT2D eigenvalue weighted by molar-refractivity contribution is 6.16. The molecule has 0 spiro atoms. The molecule has 0 radical (unpaired) electrons. The van der Waals surface area contributed by atoms with Crippen molar-refractivity contribution in [1.29, 1.82) is 0 Å². The van der Waals surface area contributed by atoms with Crippen molar-refractivity contribution in [3.63, 3.8) is 0 Å². The Hall–Kier alpha value is -1.49. The SMILES string of the molecule is Cc1nc(-c2ccc(C(F)(F)F)cc2)oc1CCl. The van der Waals surface area contributed by atoms with Crippen LogP contribution in [0.15, 0.2) is 28.7 Å². The summed E-state index contributed by atoms with van der Waals surface area (Å²) in [7, 11) is 0. The standard InChI is InChI=1S/C12H9ClF3NO/c1-7-10(6-13)18-11(17-7)8-2-4-9(5-3-8)12(14,15)16/h2-5H,6H2,1H3. The van der Waals surface area contributed by atoms with E-state index in [9.17, 15) is 13.2 Å². The molecule has 0 amide bonds. The molecule has 1 aromatic carbocycles. The zero-order valence-electron chi connectivity index (χ0n) is 9.38. The summed E-state index contributed by atoms with van der Waals surface area (Å²) in [5.74, 6) is 0.975. The molecule has 0 saturated heterocycles. The number of rotatable bonds is 2. The Kier molecular flexibility index (Phi) is 3.34. The molecule has 0 aliphatic carbocycles. The topological polar surface area (TPSA) is 26.0 Å². The molecule has 0 fully saturated rings. The molecule has 1 heterocycles. The zero-order chi connectivity index (χ0) is 13.3. The third-order valence-electron chi connectivity index (χ3n) is 2.47. The fraction of sp³-hybridized carbons (Fsp3) is 0.250. The van der Waals surface area contributed by atoms with Crippen LogP contribution in [0.1, 0.15) is 17.0 Å². The molecule has 6 heteroatoms. The van der Waals surface area contributed by atoms with Gasteiger partial charge in [0.1, 0.15) is 5.76 Å². The Morgan fingerprint density at radius 2 is 1.83 bits per heavy atom. The smallest absolute Gasteiger partial charge is 0.416 e. The van der Waals surface area contributed by atoms with Gasteiger partial charge in [0.2, 0.25) is 5.89 Å². The Morgan fingerprint density at radius 3 is 2.28 bits per heavy atom.